The molecule has 3 aromatic rings. The number of fused-ring (bicyclic) bond motifs is 1. The number of carbonyl (C=O) groups is 3. The average molecular weight is 419 g/mol. The van der Waals surface area contributed by atoms with E-state index in [4.69, 9.17) is 4.74 Å². The lowest BCUT2D eigenvalue weighted by Crippen LogP contribution is -2.52. The largest absolute Gasteiger partial charge is 0.480 e. The van der Waals surface area contributed by atoms with Crippen molar-refractivity contribution < 1.29 is 19.1 Å². The summed E-state index contributed by atoms with van der Waals surface area (Å²) >= 11 is 0. The van der Waals surface area contributed by atoms with Crippen molar-refractivity contribution in [2.24, 2.45) is 0 Å². The summed E-state index contributed by atoms with van der Waals surface area (Å²) in [6.45, 7) is 0.289. The van der Waals surface area contributed by atoms with Crippen LogP contribution in [0.4, 0.5) is 0 Å². The van der Waals surface area contributed by atoms with E-state index in [1.165, 1.54) is 18.2 Å². The maximum absolute atomic E-state index is 12.8. The summed E-state index contributed by atoms with van der Waals surface area (Å²) in [6, 6.07) is 4.67. The van der Waals surface area contributed by atoms with Crippen LogP contribution in [0.2, 0.25) is 0 Å². The summed E-state index contributed by atoms with van der Waals surface area (Å²) in [5.74, 6) is -0.591. The Morgan fingerprint density at radius 2 is 2.03 bits per heavy atom. The van der Waals surface area contributed by atoms with E-state index in [1.807, 2.05) is 6.07 Å². The molecule has 0 spiro atoms. The van der Waals surface area contributed by atoms with E-state index in [1.54, 1.807) is 29.2 Å². The first-order chi connectivity index (χ1) is 15.0. The summed E-state index contributed by atoms with van der Waals surface area (Å²) in [6.07, 6.45) is 5.32. The first-order valence-electron chi connectivity index (χ1n) is 9.60. The monoisotopic (exact) mass is 419 g/mol. The first kappa shape index (κ1) is 18.9. The molecule has 2 aliphatic rings. The Balaban J connectivity index is 1.40. The van der Waals surface area contributed by atoms with E-state index >= 15 is 0 Å². The summed E-state index contributed by atoms with van der Waals surface area (Å²) < 4.78 is 6.67. The van der Waals surface area contributed by atoms with Crippen LogP contribution in [0, 0.1) is 0 Å². The highest BCUT2D eigenvalue weighted by molar-refractivity contribution is 6.05. The van der Waals surface area contributed by atoms with Crippen molar-refractivity contribution in [2.45, 2.75) is 25.4 Å². The zero-order valence-electron chi connectivity index (χ0n) is 16.5. The molecule has 5 rings (SSSR count). The highest BCUT2D eigenvalue weighted by Crippen LogP contribution is 2.29. The molecule has 11 heteroatoms. The van der Waals surface area contributed by atoms with Gasteiger partial charge in [0.2, 0.25) is 17.7 Å². The lowest BCUT2D eigenvalue weighted by atomic mass is 10.0. The van der Waals surface area contributed by atoms with Gasteiger partial charge < -0.3 is 9.64 Å². The Morgan fingerprint density at radius 1 is 1.16 bits per heavy atom. The van der Waals surface area contributed by atoms with Crippen molar-refractivity contribution in [1.29, 1.82) is 0 Å². The number of benzene rings is 1. The molecule has 2 aromatic heterocycles. The molecule has 1 saturated heterocycles. The normalized spacial score (nSPS) is 18.2. The number of methoxy groups -OCH3 is 1. The van der Waals surface area contributed by atoms with E-state index in [0.29, 0.717) is 34.9 Å². The van der Waals surface area contributed by atoms with E-state index in [2.05, 4.69) is 25.6 Å². The highest BCUT2D eigenvalue weighted by atomic mass is 16.5. The van der Waals surface area contributed by atoms with Crippen LogP contribution < -0.4 is 10.1 Å². The summed E-state index contributed by atoms with van der Waals surface area (Å²) in [5.41, 5.74) is 3.07. The fourth-order valence-electron chi connectivity index (χ4n) is 3.78. The van der Waals surface area contributed by atoms with Crippen LogP contribution in [0.25, 0.3) is 17.1 Å². The molecule has 11 nitrogen and oxygen atoms in total. The van der Waals surface area contributed by atoms with Gasteiger partial charge in [-0.05, 0) is 30.2 Å². The molecule has 1 aromatic carbocycles. The number of amides is 3. The molecule has 0 bridgehead atoms. The fourth-order valence-corrected chi connectivity index (χ4v) is 3.78. The number of rotatable bonds is 4. The first-order valence-corrected chi connectivity index (χ1v) is 9.60. The molecular weight excluding hydrogens is 402 g/mol. The van der Waals surface area contributed by atoms with E-state index in [0.717, 1.165) is 5.56 Å². The number of hydrogen-bond donors (Lipinski definition) is 1. The Kier molecular flexibility index (Phi) is 4.42. The zero-order chi connectivity index (χ0) is 21.5. The van der Waals surface area contributed by atoms with Gasteiger partial charge in [-0.15, -0.1) is 5.10 Å². The molecule has 1 unspecified atom stereocenters. The molecular formula is C20H17N7O4. The average Bonchev–Trinajstić information content (AvgIpc) is 3.39. The van der Waals surface area contributed by atoms with Gasteiger partial charge in [-0.25, -0.2) is 9.67 Å². The quantitative estimate of drug-likeness (QED) is 0.605. The topological polar surface area (TPSA) is 132 Å². The van der Waals surface area contributed by atoms with Crippen molar-refractivity contribution in [3.05, 3.63) is 47.9 Å². The van der Waals surface area contributed by atoms with Gasteiger partial charge in [0.1, 0.15) is 17.4 Å². The minimum atomic E-state index is -0.648. The third-order valence-corrected chi connectivity index (χ3v) is 5.35. The summed E-state index contributed by atoms with van der Waals surface area (Å²) in [5, 5.41) is 10.6. The van der Waals surface area contributed by atoms with Gasteiger partial charge >= 0.3 is 0 Å². The standard InChI is InChI=1S/C20H17N7O4/c1-31-18-8-21-7-14(22-18)15-10-27(25-24-15)12-2-3-13-11(6-12)9-26(20(13)30)16-4-5-17(28)23-19(16)29/h2-3,6-8,10,16H,4-5,9H2,1H3,(H,23,28,29). The molecule has 0 radical (unpaired) electrons. The fraction of sp³-hybridized carbons (Fsp3) is 0.250. The zero-order valence-corrected chi connectivity index (χ0v) is 16.5. The maximum atomic E-state index is 12.8. The van der Waals surface area contributed by atoms with Crippen LogP contribution in [0.15, 0.2) is 36.8 Å². The number of carbonyl (C=O) groups excluding carboxylic acids is 3. The minimum Gasteiger partial charge on any atom is -0.480 e. The number of piperidine rings is 1. The second-order valence-electron chi connectivity index (χ2n) is 7.24. The highest BCUT2D eigenvalue weighted by Gasteiger charge is 2.39. The van der Waals surface area contributed by atoms with Crippen LogP contribution in [-0.4, -0.2) is 60.7 Å². The molecule has 156 valence electrons. The van der Waals surface area contributed by atoms with Gasteiger partial charge in [0, 0.05) is 18.5 Å². The van der Waals surface area contributed by atoms with Crippen molar-refractivity contribution in [3.63, 3.8) is 0 Å². The van der Waals surface area contributed by atoms with Gasteiger partial charge in [0.05, 0.1) is 31.4 Å². The molecule has 4 heterocycles. The number of aromatic nitrogens is 5. The molecule has 1 fully saturated rings. The van der Waals surface area contributed by atoms with Gasteiger partial charge in [-0.1, -0.05) is 5.21 Å². The second-order valence-corrected chi connectivity index (χ2v) is 7.24. The van der Waals surface area contributed by atoms with Gasteiger partial charge in [0.15, 0.2) is 0 Å². The van der Waals surface area contributed by atoms with Crippen LogP contribution in [0.1, 0.15) is 28.8 Å². The van der Waals surface area contributed by atoms with E-state index < -0.39 is 11.9 Å². The van der Waals surface area contributed by atoms with Crippen LogP contribution in [0.3, 0.4) is 0 Å². The van der Waals surface area contributed by atoms with Crippen molar-refractivity contribution in [2.75, 3.05) is 7.11 Å². The van der Waals surface area contributed by atoms with E-state index in [-0.39, 0.29) is 24.8 Å². The summed E-state index contributed by atoms with van der Waals surface area (Å²) in [7, 11) is 1.51. The second kappa shape index (κ2) is 7.27. The third kappa shape index (κ3) is 3.29. The van der Waals surface area contributed by atoms with Crippen LogP contribution in [0.5, 0.6) is 5.88 Å². The Hall–Kier alpha value is -4.15. The van der Waals surface area contributed by atoms with Gasteiger partial charge in [-0.2, -0.15) is 0 Å². The smallest absolute Gasteiger partial charge is 0.255 e. The van der Waals surface area contributed by atoms with Crippen molar-refractivity contribution >= 4 is 17.7 Å². The number of nitrogens with zero attached hydrogens (tertiary/aromatic N) is 6. The molecule has 1 atom stereocenters. The number of imide groups is 1. The predicted octanol–water partition coefficient (Wildman–Crippen LogP) is 0.494. The number of nitrogens with one attached hydrogen (secondary N) is 1. The van der Waals surface area contributed by atoms with Crippen LogP contribution in [-0.2, 0) is 16.1 Å². The minimum absolute atomic E-state index is 0.219. The number of ether oxygens (including phenoxy) is 1. The number of hydrogen-bond acceptors (Lipinski definition) is 8. The SMILES string of the molecule is COc1cncc(-c2cn(-c3ccc4c(c3)CN(C3CCC(=O)NC3=O)C4=O)nn2)n1. The summed E-state index contributed by atoms with van der Waals surface area (Å²) in [4.78, 5) is 46.3. The molecule has 3 amide bonds. The predicted molar refractivity (Wildman–Crippen MR) is 105 cm³/mol. The van der Waals surface area contributed by atoms with Crippen molar-refractivity contribution in [1.82, 2.24) is 35.2 Å². The lowest BCUT2D eigenvalue weighted by Gasteiger charge is -2.29. The van der Waals surface area contributed by atoms with Crippen molar-refractivity contribution in [3.8, 4) is 23.0 Å². The molecule has 2 aliphatic heterocycles. The Bertz CT molecular complexity index is 1220. The third-order valence-electron chi connectivity index (χ3n) is 5.35. The lowest BCUT2D eigenvalue weighted by molar-refractivity contribution is -0.136. The maximum Gasteiger partial charge on any atom is 0.255 e. The molecule has 0 aliphatic carbocycles. The molecule has 1 N–H and O–H groups in total. The molecule has 0 saturated carbocycles. The van der Waals surface area contributed by atoms with Crippen LogP contribution >= 0.6 is 0 Å². The molecule has 31 heavy (non-hydrogen) atoms. The van der Waals surface area contributed by atoms with Gasteiger partial charge in [0.25, 0.3) is 5.91 Å². The van der Waals surface area contributed by atoms with E-state index in [9.17, 15) is 14.4 Å². The van der Waals surface area contributed by atoms with Gasteiger partial charge in [-0.3, -0.25) is 24.7 Å². The Morgan fingerprint density at radius 3 is 2.84 bits per heavy atom. The Labute approximate surface area is 176 Å².